The Bertz CT molecular complexity index is 353. The van der Waals surface area contributed by atoms with Crippen LogP contribution in [0.25, 0.3) is 0 Å². The summed E-state index contributed by atoms with van der Waals surface area (Å²) >= 11 is 2.88. The van der Waals surface area contributed by atoms with Crippen molar-refractivity contribution in [2.45, 2.75) is 41.7 Å². The second-order valence-electron chi connectivity index (χ2n) is 3.58. The number of rotatable bonds is 2. The van der Waals surface area contributed by atoms with Crippen LogP contribution < -0.4 is 5.73 Å². The molecule has 1 atom stereocenters. The molecule has 2 N–H and O–H groups in total. The van der Waals surface area contributed by atoms with Crippen LogP contribution in [0, 0.1) is 0 Å². The maximum absolute atomic E-state index is 11.7. The van der Waals surface area contributed by atoms with Crippen molar-refractivity contribution in [3.8, 4) is 0 Å². The van der Waals surface area contributed by atoms with E-state index < -0.39 is 0 Å². The normalized spacial score (nSPS) is 22.7. The Kier molecular flexibility index (Phi) is 3.58. The lowest BCUT2D eigenvalue weighted by Crippen LogP contribution is -2.14. The SMILES string of the molecule is Nc1nnc(S[C@H]2CCCCCC2=O)s1. The van der Waals surface area contributed by atoms with Gasteiger partial charge in [0.25, 0.3) is 0 Å². The van der Waals surface area contributed by atoms with Gasteiger partial charge in [0.1, 0.15) is 5.78 Å². The Balaban J connectivity index is 2.00. The molecule has 15 heavy (non-hydrogen) atoms. The number of hydrogen-bond acceptors (Lipinski definition) is 6. The minimum atomic E-state index is 0.0693. The average Bonchev–Trinajstić information content (AvgIpc) is 2.50. The number of anilines is 1. The molecule has 1 aliphatic carbocycles. The average molecular weight is 243 g/mol. The third-order valence-corrected chi connectivity index (χ3v) is 4.57. The summed E-state index contributed by atoms with van der Waals surface area (Å²) in [7, 11) is 0. The van der Waals surface area contributed by atoms with Crippen molar-refractivity contribution in [1.29, 1.82) is 0 Å². The highest BCUT2D eigenvalue weighted by Gasteiger charge is 2.23. The Morgan fingerprint density at radius 3 is 2.93 bits per heavy atom. The van der Waals surface area contributed by atoms with Gasteiger partial charge in [0, 0.05) is 6.42 Å². The molecule has 0 bridgehead atoms. The van der Waals surface area contributed by atoms with Crippen molar-refractivity contribution >= 4 is 34.0 Å². The molecule has 0 unspecified atom stereocenters. The van der Waals surface area contributed by atoms with Crippen molar-refractivity contribution in [3.63, 3.8) is 0 Å². The number of Topliss-reactive ketones (excluding diaryl/α,β-unsaturated/α-hetero) is 1. The number of carbonyl (C=O) groups excluding carboxylic acids is 1. The zero-order valence-electron chi connectivity index (χ0n) is 8.31. The van der Waals surface area contributed by atoms with Gasteiger partial charge in [-0.05, 0) is 12.8 Å². The number of nitrogens with zero attached hydrogens (tertiary/aromatic N) is 2. The second-order valence-corrected chi connectivity index (χ2v) is 6.04. The summed E-state index contributed by atoms with van der Waals surface area (Å²) < 4.78 is 0.813. The van der Waals surface area contributed by atoms with Crippen LogP contribution >= 0.6 is 23.1 Å². The molecule has 0 aliphatic heterocycles. The second kappa shape index (κ2) is 4.94. The van der Waals surface area contributed by atoms with Crippen LogP contribution in [0.2, 0.25) is 0 Å². The summed E-state index contributed by atoms with van der Waals surface area (Å²) in [6.07, 6.45) is 5.02. The van der Waals surface area contributed by atoms with Gasteiger partial charge in [-0.3, -0.25) is 4.79 Å². The molecule has 0 aromatic carbocycles. The summed E-state index contributed by atoms with van der Waals surface area (Å²) in [6, 6.07) is 0. The van der Waals surface area contributed by atoms with Gasteiger partial charge >= 0.3 is 0 Å². The maximum atomic E-state index is 11.7. The molecule has 2 rings (SSSR count). The van der Waals surface area contributed by atoms with Crippen LogP contribution in [-0.2, 0) is 4.79 Å². The zero-order valence-corrected chi connectivity index (χ0v) is 9.94. The van der Waals surface area contributed by atoms with E-state index in [1.165, 1.54) is 29.5 Å². The lowest BCUT2D eigenvalue weighted by Gasteiger charge is -2.08. The van der Waals surface area contributed by atoms with E-state index in [0.29, 0.717) is 17.3 Å². The topological polar surface area (TPSA) is 68.9 Å². The quantitative estimate of drug-likeness (QED) is 0.806. The van der Waals surface area contributed by atoms with Gasteiger partial charge in [0.2, 0.25) is 5.13 Å². The first-order valence-electron chi connectivity index (χ1n) is 5.04. The van der Waals surface area contributed by atoms with E-state index in [1.54, 1.807) is 0 Å². The Hall–Kier alpha value is -0.620. The van der Waals surface area contributed by atoms with Crippen molar-refractivity contribution < 1.29 is 4.79 Å². The molecule has 1 fully saturated rings. The number of aromatic nitrogens is 2. The number of ketones is 1. The van der Waals surface area contributed by atoms with Gasteiger partial charge in [-0.2, -0.15) is 0 Å². The Labute approximate surface area is 96.7 Å². The van der Waals surface area contributed by atoms with Gasteiger partial charge in [0.05, 0.1) is 5.25 Å². The summed E-state index contributed by atoms with van der Waals surface area (Å²) in [4.78, 5) is 11.7. The number of nitrogens with two attached hydrogens (primary N) is 1. The molecular formula is C9H13N3OS2. The first-order chi connectivity index (χ1) is 7.25. The van der Waals surface area contributed by atoms with E-state index in [0.717, 1.165) is 23.6 Å². The fourth-order valence-electron chi connectivity index (χ4n) is 1.64. The Morgan fingerprint density at radius 1 is 1.33 bits per heavy atom. The van der Waals surface area contributed by atoms with E-state index in [1.807, 2.05) is 0 Å². The molecule has 0 spiro atoms. The number of hydrogen-bond donors (Lipinski definition) is 1. The molecule has 0 amide bonds. The first kappa shape index (κ1) is 10.9. The molecule has 0 saturated heterocycles. The number of carbonyl (C=O) groups is 1. The fraction of sp³-hybridized carbons (Fsp3) is 0.667. The monoisotopic (exact) mass is 243 g/mol. The summed E-state index contributed by atoms with van der Waals surface area (Å²) in [6.45, 7) is 0. The van der Waals surface area contributed by atoms with Crippen molar-refractivity contribution in [3.05, 3.63) is 0 Å². The van der Waals surface area contributed by atoms with Gasteiger partial charge in [0.15, 0.2) is 4.34 Å². The van der Waals surface area contributed by atoms with E-state index in [4.69, 9.17) is 5.73 Å². The molecule has 0 radical (unpaired) electrons. The highest BCUT2D eigenvalue weighted by molar-refractivity contribution is 8.02. The van der Waals surface area contributed by atoms with Gasteiger partial charge in [-0.25, -0.2) is 0 Å². The van der Waals surface area contributed by atoms with E-state index >= 15 is 0 Å². The molecule has 1 heterocycles. The molecule has 1 aliphatic rings. The number of thioether (sulfide) groups is 1. The number of nitrogen functional groups attached to an aromatic ring is 1. The minimum absolute atomic E-state index is 0.0693. The van der Waals surface area contributed by atoms with Gasteiger partial charge < -0.3 is 5.73 Å². The van der Waals surface area contributed by atoms with Crippen LogP contribution in [0.1, 0.15) is 32.1 Å². The summed E-state index contributed by atoms with van der Waals surface area (Å²) in [5, 5.41) is 8.21. The first-order valence-corrected chi connectivity index (χ1v) is 6.73. The summed E-state index contributed by atoms with van der Waals surface area (Å²) in [5.74, 6) is 0.353. The molecule has 1 aromatic heterocycles. The third kappa shape index (κ3) is 2.92. The van der Waals surface area contributed by atoms with Gasteiger partial charge in [-0.1, -0.05) is 35.9 Å². The molecule has 6 heteroatoms. The summed E-state index contributed by atoms with van der Waals surface area (Å²) in [5.41, 5.74) is 5.50. The van der Waals surface area contributed by atoms with Crippen LogP contribution in [0.3, 0.4) is 0 Å². The molecule has 1 saturated carbocycles. The Morgan fingerprint density at radius 2 is 2.20 bits per heavy atom. The standard InChI is InChI=1S/C9H13N3OS2/c10-8-11-12-9(15-8)14-7-5-3-1-2-4-6(7)13/h7H,1-5H2,(H2,10,11)/t7-/m0/s1. The lowest BCUT2D eigenvalue weighted by atomic mass is 10.2. The van der Waals surface area contributed by atoms with Crippen LogP contribution in [-0.4, -0.2) is 21.2 Å². The van der Waals surface area contributed by atoms with Crippen molar-refractivity contribution in [1.82, 2.24) is 10.2 Å². The van der Waals surface area contributed by atoms with Crippen LogP contribution in [0.5, 0.6) is 0 Å². The smallest absolute Gasteiger partial charge is 0.203 e. The van der Waals surface area contributed by atoms with E-state index in [2.05, 4.69) is 10.2 Å². The minimum Gasteiger partial charge on any atom is -0.374 e. The van der Waals surface area contributed by atoms with E-state index in [-0.39, 0.29) is 5.25 Å². The van der Waals surface area contributed by atoms with Crippen molar-refractivity contribution in [2.24, 2.45) is 0 Å². The fourth-order valence-corrected chi connectivity index (χ4v) is 3.65. The zero-order chi connectivity index (χ0) is 10.7. The molecular weight excluding hydrogens is 230 g/mol. The van der Waals surface area contributed by atoms with Crippen LogP contribution in [0.4, 0.5) is 5.13 Å². The lowest BCUT2D eigenvalue weighted by molar-refractivity contribution is -0.118. The van der Waals surface area contributed by atoms with Crippen LogP contribution in [0.15, 0.2) is 4.34 Å². The largest absolute Gasteiger partial charge is 0.374 e. The third-order valence-electron chi connectivity index (χ3n) is 2.41. The highest BCUT2D eigenvalue weighted by atomic mass is 32.2. The predicted octanol–water partition coefficient (Wildman–Crippen LogP) is 2.11. The molecule has 82 valence electrons. The van der Waals surface area contributed by atoms with Crippen molar-refractivity contribution in [2.75, 3.05) is 5.73 Å². The highest BCUT2D eigenvalue weighted by Crippen LogP contribution is 2.33. The molecule has 1 aromatic rings. The van der Waals surface area contributed by atoms with E-state index in [9.17, 15) is 4.79 Å². The maximum Gasteiger partial charge on any atom is 0.203 e. The van der Waals surface area contributed by atoms with Gasteiger partial charge in [-0.15, -0.1) is 10.2 Å². The predicted molar refractivity (Wildman–Crippen MR) is 62.1 cm³/mol. The molecule has 4 nitrogen and oxygen atoms in total.